The van der Waals surface area contributed by atoms with Gasteiger partial charge in [0.05, 0.1) is 0 Å². The van der Waals surface area contributed by atoms with Gasteiger partial charge in [-0.1, -0.05) is 48.5 Å². The van der Waals surface area contributed by atoms with Gasteiger partial charge in [-0.25, -0.2) is 0 Å². The Kier molecular flexibility index (Phi) is 5.16. The molecule has 0 saturated carbocycles. The highest BCUT2D eigenvalue weighted by molar-refractivity contribution is 5.80. The van der Waals surface area contributed by atoms with E-state index in [1.807, 2.05) is 42.5 Å². The summed E-state index contributed by atoms with van der Waals surface area (Å²) in [4.78, 5) is 11.7. The van der Waals surface area contributed by atoms with Gasteiger partial charge in [0.2, 0.25) is 0 Å². The van der Waals surface area contributed by atoms with Crippen LogP contribution in [0.5, 0.6) is 5.75 Å². The van der Waals surface area contributed by atoms with Crippen LogP contribution in [0.15, 0.2) is 67.3 Å². The molecule has 2 aromatic rings. The minimum absolute atomic E-state index is 0.151. The lowest BCUT2D eigenvalue weighted by Gasteiger charge is -2.14. The quantitative estimate of drug-likeness (QED) is 0.824. The standard InChI is InChI=1S/C18H19NO2/c1-3-13-19-18(20)14(2)21-17-11-9-16(10-12-17)15-7-5-4-6-8-15/h3-12,14H,1,13H2,2H3,(H,19,20)/t14-/m0/s1. The van der Waals surface area contributed by atoms with E-state index >= 15 is 0 Å². The average Bonchev–Trinajstić information content (AvgIpc) is 2.54. The van der Waals surface area contributed by atoms with Crippen molar-refractivity contribution in [1.29, 1.82) is 0 Å². The second kappa shape index (κ2) is 7.29. The number of nitrogens with one attached hydrogen (secondary N) is 1. The first-order valence-corrected chi connectivity index (χ1v) is 6.91. The van der Waals surface area contributed by atoms with Crippen molar-refractivity contribution < 1.29 is 9.53 Å². The average molecular weight is 281 g/mol. The van der Waals surface area contributed by atoms with Crippen LogP contribution >= 0.6 is 0 Å². The Hall–Kier alpha value is -2.55. The molecule has 2 rings (SSSR count). The number of hydrogen-bond donors (Lipinski definition) is 1. The van der Waals surface area contributed by atoms with Gasteiger partial charge in [0, 0.05) is 6.54 Å². The summed E-state index contributed by atoms with van der Waals surface area (Å²) in [5.74, 6) is 0.526. The van der Waals surface area contributed by atoms with Crippen molar-refractivity contribution in [3.05, 3.63) is 67.3 Å². The molecule has 21 heavy (non-hydrogen) atoms. The van der Waals surface area contributed by atoms with Crippen molar-refractivity contribution in [3.63, 3.8) is 0 Å². The second-order valence-corrected chi connectivity index (χ2v) is 4.68. The van der Waals surface area contributed by atoms with Crippen LogP contribution in [0.3, 0.4) is 0 Å². The topological polar surface area (TPSA) is 38.3 Å². The fourth-order valence-electron chi connectivity index (χ4n) is 1.93. The summed E-state index contributed by atoms with van der Waals surface area (Å²) in [5, 5.41) is 2.71. The molecule has 0 heterocycles. The molecule has 1 N–H and O–H groups in total. The number of ether oxygens (including phenoxy) is 1. The van der Waals surface area contributed by atoms with Crippen molar-refractivity contribution in [2.75, 3.05) is 6.54 Å². The van der Waals surface area contributed by atoms with Crippen LogP contribution in [-0.4, -0.2) is 18.6 Å². The van der Waals surface area contributed by atoms with Crippen LogP contribution in [0.4, 0.5) is 0 Å². The molecule has 0 saturated heterocycles. The normalized spacial score (nSPS) is 11.5. The first-order chi connectivity index (χ1) is 10.2. The summed E-state index contributed by atoms with van der Waals surface area (Å²) in [7, 11) is 0. The van der Waals surface area contributed by atoms with Gasteiger partial charge in [0.25, 0.3) is 5.91 Å². The molecule has 0 unspecified atom stereocenters. The maximum Gasteiger partial charge on any atom is 0.261 e. The largest absolute Gasteiger partial charge is 0.481 e. The monoisotopic (exact) mass is 281 g/mol. The van der Waals surface area contributed by atoms with Gasteiger partial charge in [-0.15, -0.1) is 6.58 Å². The fraction of sp³-hybridized carbons (Fsp3) is 0.167. The van der Waals surface area contributed by atoms with Crippen LogP contribution in [0.1, 0.15) is 6.92 Å². The molecule has 0 bridgehead atoms. The number of amides is 1. The van der Waals surface area contributed by atoms with Crippen molar-refractivity contribution >= 4 is 5.91 Å². The summed E-state index contributed by atoms with van der Waals surface area (Å²) in [6, 6.07) is 17.8. The first-order valence-electron chi connectivity index (χ1n) is 6.91. The Balaban J connectivity index is 1.99. The zero-order valence-corrected chi connectivity index (χ0v) is 12.1. The highest BCUT2D eigenvalue weighted by atomic mass is 16.5. The molecule has 0 aromatic heterocycles. The van der Waals surface area contributed by atoms with Gasteiger partial charge in [0.15, 0.2) is 6.10 Å². The maximum atomic E-state index is 11.7. The lowest BCUT2D eigenvalue weighted by Crippen LogP contribution is -2.36. The molecule has 0 aliphatic carbocycles. The van der Waals surface area contributed by atoms with E-state index in [0.717, 1.165) is 11.1 Å². The smallest absolute Gasteiger partial charge is 0.261 e. The van der Waals surface area contributed by atoms with Gasteiger partial charge >= 0.3 is 0 Å². The molecule has 0 aliphatic rings. The molecule has 0 aliphatic heterocycles. The van der Waals surface area contributed by atoms with Gasteiger partial charge < -0.3 is 10.1 Å². The summed E-state index contributed by atoms with van der Waals surface area (Å²) in [6.45, 7) is 5.73. The number of hydrogen-bond acceptors (Lipinski definition) is 2. The van der Waals surface area contributed by atoms with E-state index < -0.39 is 6.10 Å². The highest BCUT2D eigenvalue weighted by Gasteiger charge is 2.13. The van der Waals surface area contributed by atoms with E-state index in [9.17, 15) is 4.79 Å². The number of benzene rings is 2. The predicted octanol–water partition coefficient (Wildman–Crippen LogP) is 3.42. The van der Waals surface area contributed by atoms with Gasteiger partial charge in [-0.3, -0.25) is 4.79 Å². The maximum absolute atomic E-state index is 11.7. The number of carbonyl (C=O) groups excluding carboxylic acids is 1. The van der Waals surface area contributed by atoms with Crippen LogP contribution in [0.2, 0.25) is 0 Å². The van der Waals surface area contributed by atoms with Crippen molar-refractivity contribution in [2.45, 2.75) is 13.0 Å². The van der Waals surface area contributed by atoms with Crippen molar-refractivity contribution in [2.24, 2.45) is 0 Å². The molecule has 1 amide bonds. The zero-order valence-electron chi connectivity index (χ0n) is 12.1. The number of carbonyl (C=O) groups is 1. The molecule has 3 nitrogen and oxygen atoms in total. The molecular weight excluding hydrogens is 262 g/mol. The van der Waals surface area contributed by atoms with Gasteiger partial charge in [-0.05, 0) is 30.2 Å². The molecule has 1 atom stereocenters. The number of rotatable bonds is 6. The van der Waals surface area contributed by atoms with Crippen molar-refractivity contribution in [1.82, 2.24) is 5.32 Å². The zero-order chi connectivity index (χ0) is 15.1. The third kappa shape index (κ3) is 4.21. The van der Waals surface area contributed by atoms with E-state index in [1.54, 1.807) is 13.0 Å². The van der Waals surface area contributed by atoms with Crippen molar-refractivity contribution in [3.8, 4) is 16.9 Å². The van der Waals surface area contributed by atoms with E-state index in [0.29, 0.717) is 12.3 Å². The minimum atomic E-state index is -0.535. The lowest BCUT2D eigenvalue weighted by molar-refractivity contribution is -0.127. The van der Waals surface area contributed by atoms with Crippen LogP contribution in [-0.2, 0) is 4.79 Å². The summed E-state index contributed by atoms with van der Waals surface area (Å²) >= 11 is 0. The molecule has 0 radical (unpaired) electrons. The Morgan fingerprint density at radius 2 is 1.76 bits per heavy atom. The SMILES string of the molecule is C=CCNC(=O)[C@H](C)Oc1ccc(-c2ccccc2)cc1. The fourth-order valence-corrected chi connectivity index (χ4v) is 1.93. The Morgan fingerprint density at radius 3 is 2.38 bits per heavy atom. The molecule has 0 fully saturated rings. The third-order valence-electron chi connectivity index (χ3n) is 3.06. The lowest BCUT2D eigenvalue weighted by atomic mass is 10.1. The van der Waals surface area contributed by atoms with Crippen LogP contribution in [0.25, 0.3) is 11.1 Å². The first kappa shape index (κ1) is 14.9. The highest BCUT2D eigenvalue weighted by Crippen LogP contribution is 2.22. The molecule has 0 spiro atoms. The van der Waals surface area contributed by atoms with Gasteiger partial charge in [0.1, 0.15) is 5.75 Å². The summed E-state index contributed by atoms with van der Waals surface area (Å²) in [6.07, 6.45) is 1.10. The minimum Gasteiger partial charge on any atom is -0.481 e. The van der Waals surface area contributed by atoms with Crippen LogP contribution < -0.4 is 10.1 Å². The Labute approximate surface area is 125 Å². The summed E-state index contributed by atoms with van der Waals surface area (Å²) in [5.41, 5.74) is 2.27. The molecular formula is C18H19NO2. The van der Waals surface area contributed by atoms with E-state index in [2.05, 4.69) is 24.0 Å². The van der Waals surface area contributed by atoms with Crippen LogP contribution in [0, 0.1) is 0 Å². The van der Waals surface area contributed by atoms with Gasteiger partial charge in [-0.2, -0.15) is 0 Å². The predicted molar refractivity (Wildman–Crippen MR) is 85.2 cm³/mol. The molecule has 108 valence electrons. The molecule has 3 heteroatoms. The Bertz CT molecular complexity index is 590. The van der Waals surface area contributed by atoms with E-state index in [-0.39, 0.29) is 5.91 Å². The molecule has 2 aromatic carbocycles. The van der Waals surface area contributed by atoms with E-state index in [4.69, 9.17) is 4.74 Å². The second-order valence-electron chi connectivity index (χ2n) is 4.68. The summed E-state index contributed by atoms with van der Waals surface area (Å²) < 4.78 is 5.62. The Morgan fingerprint density at radius 1 is 1.14 bits per heavy atom. The third-order valence-corrected chi connectivity index (χ3v) is 3.06. The van der Waals surface area contributed by atoms with E-state index in [1.165, 1.54) is 0 Å².